The molecular weight excluding hydrogens is 458 g/mol. The van der Waals surface area contributed by atoms with Gasteiger partial charge >= 0.3 is 0 Å². The molecule has 1 atom stereocenters. The van der Waals surface area contributed by atoms with Gasteiger partial charge < -0.3 is 10.4 Å². The summed E-state index contributed by atoms with van der Waals surface area (Å²) < 4.78 is 2.03. The Bertz CT molecular complexity index is 1230. The quantitative estimate of drug-likeness (QED) is 0.538. The molecule has 2 N–H and O–H groups in total. The summed E-state index contributed by atoms with van der Waals surface area (Å²) in [4.78, 5) is 19.3. The number of nitrogens with zero attached hydrogens (tertiary/aromatic N) is 4. The van der Waals surface area contributed by atoms with Gasteiger partial charge in [0.25, 0.3) is 0 Å². The number of nitrogens with one attached hydrogen (secondary N) is 1. The molecule has 0 saturated heterocycles. The highest BCUT2D eigenvalue weighted by Gasteiger charge is 2.33. The van der Waals surface area contributed by atoms with E-state index in [0.29, 0.717) is 17.3 Å². The van der Waals surface area contributed by atoms with Crippen LogP contribution in [0, 0.1) is 20.8 Å². The standard InChI is InChI=1S/C24H28ClN5O2S/c1-13-14(2)33-23-20(13)21(16-6-8-17(25)9-7-16)26-18(22-29-28-15(3)30(22)23)12-19(32)27-24(4,5)10-11-31/h6-9,18,31H,10-12H2,1-5H3,(H,27,32)/t18-/m0/s1. The number of hydrogen-bond donors (Lipinski definition) is 2. The van der Waals surface area contributed by atoms with Crippen molar-refractivity contribution < 1.29 is 9.90 Å². The molecule has 7 nitrogen and oxygen atoms in total. The van der Waals surface area contributed by atoms with Crippen LogP contribution in [0.5, 0.6) is 0 Å². The Labute approximate surface area is 202 Å². The molecule has 3 heterocycles. The maximum atomic E-state index is 13.0. The number of amides is 1. The van der Waals surface area contributed by atoms with Crippen molar-refractivity contribution in [3.63, 3.8) is 0 Å². The van der Waals surface area contributed by atoms with Crippen LogP contribution in [-0.2, 0) is 4.79 Å². The number of aliphatic hydroxyl groups is 1. The fraction of sp³-hybridized carbons (Fsp3) is 0.417. The molecule has 174 valence electrons. The first-order valence-corrected chi connectivity index (χ1v) is 12.1. The first-order chi connectivity index (χ1) is 15.6. The van der Waals surface area contributed by atoms with E-state index >= 15 is 0 Å². The number of carbonyl (C=O) groups is 1. The molecule has 0 aliphatic carbocycles. The van der Waals surface area contributed by atoms with Crippen molar-refractivity contribution >= 4 is 34.6 Å². The van der Waals surface area contributed by atoms with Gasteiger partial charge in [0.15, 0.2) is 5.82 Å². The van der Waals surface area contributed by atoms with Crippen molar-refractivity contribution in [2.24, 2.45) is 4.99 Å². The van der Waals surface area contributed by atoms with Crippen molar-refractivity contribution in [1.82, 2.24) is 20.1 Å². The second-order valence-corrected chi connectivity index (χ2v) is 10.7. The minimum Gasteiger partial charge on any atom is -0.396 e. The third kappa shape index (κ3) is 4.60. The van der Waals surface area contributed by atoms with E-state index in [2.05, 4.69) is 29.4 Å². The van der Waals surface area contributed by atoms with Crippen LogP contribution >= 0.6 is 22.9 Å². The van der Waals surface area contributed by atoms with Crippen molar-refractivity contribution in [2.45, 2.75) is 59.0 Å². The number of benzene rings is 1. The highest BCUT2D eigenvalue weighted by atomic mass is 35.5. The summed E-state index contributed by atoms with van der Waals surface area (Å²) in [5, 5.41) is 22.7. The molecule has 0 spiro atoms. The first-order valence-electron chi connectivity index (χ1n) is 10.9. The summed E-state index contributed by atoms with van der Waals surface area (Å²) in [7, 11) is 0. The van der Waals surface area contributed by atoms with Gasteiger partial charge in [-0.2, -0.15) is 0 Å². The first kappa shape index (κ1) is 23.6. The Morgan fingerprint density at radius 3 is 2.58 bits per heavy atom. The fourth-order valence-corrected chi connectivity index (χ4v) is 5.42. The van der Waals surface area contributed by atoms with Gasteiger partial charge in [0.1, 0.15) is 16.9 Å². The number of halogens is 1. The third-order valence-electron chi connectivity index (χ3n) is 5.95. The zero-order chi connectivity index (χ0) is 23.9. The normalized spacial score (nSPS) is 15.5. The molecule has 0 radical (unpaired) electrons. The molecular formula is C24H28ClN5O2S. The van der Waals surface area contributed by atoms with Crippen LogP contribution in [-0.4, -0.2) is 43.6 Å². The molecule has 33 heavy (non-hydrogen) atoms. The Morgan fingerprint density at radius 1 is 1.21 bits per heavy atom. The highest BCUT2D eigenvalue weighted by Crippen LogP contribution is 2.39. The van der Waals surface area contributed by atoms with Gasteiger partial charge in [-0.25, -0.2) is 0 Å². The Kier molecular flexibility index (Phi) is 6.44. The maximum absolute atomic E-state index is 13.0. The van der Waals surface area contributed by atoms with Crippen molar-refractivity contribution in [3.8, 4) is 5.00 Å². The van der Waals surface area contributed by atoms with Crippen molar-refractivity contribution in [1.29, 1.82) is 0 Å². The topological polar surface area (TPSA) is 92.4 Å². The summed E-state index contributed by atoms with van der Waals surface area (Å²) in [6, 6.07) is 7.10. The zero-order valence-electron chi connectivity index (χ0n) is 19.4. The van der Waals surface area contributed by atoms with E-state index in [9.17, 15) is 9.90 Å². The molecule has 0 fully saturated rings. The van der Waals surface area contributed by atoms with Gasteiger partial charge in [0, 0.05) is 33.2 Å². The van der Waals surface area contributed by atoms with E-state index in [1.807, 2.05) is 49.6 Å². The summed E-state index contributed by atoms with van der Waals surface area (Å²) in [6.45, 7) is 9.91. The summed E-state index contributed by atoms with van der Waals surface area (Å²) in [5.41, 5.74) is 3.42. The number of aromatic nitrogens is 3. The Balaban J connectivity index is 1.84. The van der Waals surface area contributed by atoms with Gasteiger partial charge in [-0.15, -0.1) is 21.5 Å². The average Bonchev–Trinajstić information content (AvgIpc) is 3.20. The van der Waals surface area contributed by atoms with Gasteiger partial charge in [0.05, 0.1) is 12.1 Å². The lowest BCUT2D eigenvalue weighted by molar-refractivity contribution is -0.123. The molecule has 0 saturated carbocycles. The van der Waals surface area contributed by atoms with Crippen LogP contribution in [0.1, 0.15) is 65.9 Å². The monoisotopic (exact) mass is 485 g/mol. The molecule has 9 heteroatoms. The van der Waals surface area contributed by atoms with Gasteiger partial charge in [-0.3, -0.25) is 14.4 Å². The van der Waals surface area contributed by atoms with Crippen LogP contribution in [0.4, 0.5) is 0 Å². The second-order valence-electron chi connectivity index (χ2n) is 9.01. The lowest BCUT2D eigenvalue weighted by atomic mass is 9.99. The SMILES string of the molecule is Cc1sc2c(c1C)C(c1ccc(Cl)cc1)=N[C@@H](CC(=O)NC(C)(C)CCO)c1nnc(C)n1-2. The molecule has 1 aliphatic rings. The van der Waals surface area contributed by atoms with E-state index in [0.717, 1.165) is 33.2 Å². The van der Waals surface area contributed by atoms with Crippen molar-refractivity contribution in [2.75, 3.05) is 6.61 Å². The third-order valence-corrected chi connectivity index (χ3v) is 7.39. The number of aryl methyl sites for hydroxylation is 2. The highest BCUT2D eigenvalue weighted by molar-refractivity contribution is 7.15. The van der Waals surface area contributed by atoms with Crippen molar-refractivity contribution in [3.05, 3.63) is 62.5 Å². The van der Waals surface area contributed by atoms with Gasteiger partial charge in [-0.05, 0) is 58.7 Å². The molecule has 1 aromatic carbocycles. The van der Waals surface area contributed by atoms with Crippen LogP contribution in [0.25, 0.3) is 5.00 Å². The maximum Gasteiger partial charge on any atom is 0.223 e. The fourth-order valence-electron chi connectivity index (χ4n) is 4.08. The zero-order valence-corrected chi connectivity index (χ0v) is 21.0. The second kappa shape index (κ2) is 9.00. The smallest absolute Gasteiger partial charge is 0.223 e. The number of hydrogen-bond acceptors (Lipinski definition) is 6. The van der Waals surface area contributed by atoms with E-state index in [-0.39, 0.29) is 18.9 Å². The number of aliphatic imine (C=N–C) groups is 1. The lowest BCUT2D eigenvalue weighted by Crippen LogP contribution is -2.44. The number of carbonyl (C=O) groups excluding carboxylic acids is 1. The molecule has 1 aliphatic heterocycles. The molecule has 4 rings (SSSR count). The van der Waals surface area contributed by atoms with E-state index in [1.165, 1.54) is 4.88 Å². The summed E-state index contributed by atoms with van der Waals surface area (Å²) in [6.07, 6.45) is 0.588. The largest absolute Gasteiger partial charge is 0.396 e. The number of thiophene rings is 1. The van der Waals surface area contributed by atoms with Crippen LogP contribution < -0.4 is 5.32 Å². The van der Waals surface area contributed by atoms with Gasteiger partial charge in [-0.1, -0.05) is 23.7 Å². The van der Waals surface area contributed by atoms with Crippen LogP contribution in [0.3, 0.4) is 0 Å². The van der Waals surface area contributed by atoms with Gasteiger partial charge in [0.2, 0.25) is 5.91 Å². The number of aliphatic hydroxyl groups excluding tert-OH is 1. The van der Waals surface area contributed by atoms with Crippen LogP contribution in [0.2, 0.25) is 5.02 Å². The molecule has 1 amide bonds. The number of fused-ring (bicyclic) bond motifs is 3. The van der Waals surface area contributed by atoms with E-state index < -0.39 is 11.6 Å². The van der Waals surface area contributed by atoms with E-state index in [1.54, 1.807) is 11.3 Å². The minimum atomic E-state index is -0.519. The molecule has 0 bridgehead atoms. The predicted octanol–water partition coefficient (Wildman–Crippen LogP) is 4.47. The lowest BCUT2D eigenvalue weighted by Gasteiger charge is -2.26. The molecule has 0 unspecified atom stereocenters. The number of rotatable bonds is 6. The summed E-state index contributed by atoms with van der Waals surface area (Å²) in [5.74, 6) is 1.25. The Morgan fingerprint density at radius 2 is 1.91 bits per heavy atom. The summed E-state index contributed by atoms with van der Waals surface area (Å²) >= 11 is 7.83. The minimum absolute atomic E-state index is 0.00191. The predicted molar refractivity (Wildman–Crippen MR) is 132 cm³/mol. The molecule has 3 aromatic rings. The molecule has 2 aromatic heterocycles. The van der Waals surface area contributed by atoms with E-state index in [4.69, 9.17) is 16.6 Å². The van der Waals surface area contributed by atoms with Crippen LogP contribution in [0.15, 0.2) is 29.3 Å². The average molecular weight is 486 g/mol. The Hall–Kier alpha value is -2.55.